The van der Waals surface area contributed by atoms with Crippen molar-refractivity contribution in [1.29, 1.82) is 0 Å². The molecule has 2 aromatic carbocycles. The summed E-state index contributed by atoms with van der Waals surface area (Å²) in [6, 6.07) is 19.6. The van der Waals surface area contributed by atoms with Gasteiger partial charge in [0.05, 0.1) is 12.3 Å². The minimum absolute atomic E-state index is 0.165. The van der Waals surface area contributed by atoms with E-state index in [2.05, 4.69) is 16.4 Å². The zero-order valence-electron chi connectivity index (χ0n) is 15.7. The van der Waals surface area contributed by atoms with Crippen LogP contribution in [0.2, 0.25) is 0 Å². The van der Waals surface area contributed by atoms with E-state index in [0.29, 0.717) is 0 Å². The van der Waals surface area contributed by atoms with Crippen LogP contribution in [0, 0.1) is 0 Å². The van der Waals surface area contributed by atoms with Gasteiger partial charge in [0.1, 0.15) is 11.4 Å². The number of nitrogens with one attached hydrogen (secondary N) is 1. The molecule has 0 aliphatic carbocycles. The van der Waals surface area contributed by atoms with E-state index in [-0.39, 0.29) is 5.91 Å². The van der Waals surface area contributed by atoms with Crippen molar-refractivity contribution in [2.75, 3.05) is 11.9 Å². The van der Waals surface area contributed by atoms with Gasteiger partial charge in [-0.05, 0) is 53.6 Å². The summed E-state index contributed by atoms with van der Waals surface area (Å²) in [7, 11) is 0. The van der Waals surface area contributed by atoms with E-state index in [1.807, 2.05) is 77.5 Å². The number of benzene rings is 2. The van der Waals surface area contributed by atoms with Gasteiger partial charge in [-0.25, -0.2) is 4.98 Å². The molecule has 3 heterocycles. The highest BCUT2D eigenvalue weighted by atomic mass is 16.5. The van der Waals surface area contributed by atoms with Crippen LogP contribution in [0.25, 0.3) is 23.0 Å². The van der Waals surface area contributed by atoms with E-state index < -0.39 is 0 Å². The molecule has 5 heteroatoms. The number of anilines is 1. The summed E-state index contributed by atoms with van der Waals surface area (Å²) < 4.78 is 7.49. The van der Waals surface area contributed by atoms with E-state index in [4.69, 9.17) is 4.74 Å². The number of hydrogen-bond donors (Lipinski definition) is 1. The summed E-state index contributed by atoms with van der Waals surface area (Å²) in [6.07, 6.45) is 8.25. The van der Waals surface area contributed by atoms with Crippen LogP contribution < -0.4 is 10.1 Å². The maximum absolute atomic E-state index is 12.3. The number of imidazole rings is 1. The number of fused-ring (bicyclic) bond motifs is 2. The van der Waals surface area contributed by atoms with Gasteiger partial charge in [0.15, 0.2) is 0 Å². The average Bonchev–Trinajstić information content (AvgIpc) is 3.39. The first-order chi connectivity index (χ1) is 14.2. The van der Waals surface area contributed by atoms with Gasteiger partial charge in [-0.15, -0.1) is 0 Å². The first kappa shape index (κ1) is 17.3. The van der Waals surface area contributed by atoms with Crippen molar-refractivity contribution in [1.82, 2.24) is 9.38 Å². The molecule has 0 fully saturated rings. The predicted octanol–water partition coefficient (Wildman–Crippen LogP) is 4.59. The lowest BCUT2D eigenvalue weighted by molar-refractivity contribution is -0.111. The lowest BCUT2D eigenvalue weighted by Crippen LogP contribution is -2.07. The Morgan fingerprint density at radius 3 is 2.86 bits per heavy atom. The van der Waals surface area contributed by atoms with Gasteiger partial charge in [-0.2, -0.15) is 0 Å². The molecule has 0 radical (unpaired) electrons. The number of ether oxygens (including phenoxy) is 1. The average molecular weight is 381 g/mol. The number of amides is 1. The van der Waals surface area contributed by atoms with E-state index in [1.54, 1.807) is 6.08 Å². The molecule has 1 N–H and O–H groups in total. The topological polar surface area (TPSA) is 55.6 Å². The summed E-state index contributed by atoms with van der Waals surface area (Å²) in [6.45, 7) is 0.730. The highest BCUT2D eigenvalue weighted by Crippen LogP contribution is 2.26. The molecule has 142 valence electrons. The molecular formula is C24H19N3O2. The zero-order valence-corrected chi connectivity index (χ0v) is 15.7. The molecule has 5 rings (SSSR count). The molecular weight excluding hydrogens is 362 g/mol. The first-order valence-corrected chi connectivity index (χ1v) is 9.54. The largest absolute Gasteiger partial charge is 0.493 e. The Balaban J connectivity index is 1.26. The second-order valence-electron chi connectivity index (χ2n) is 6.96. The normalized spacial score (nSPS) is 12.8. The van der Waals surface area contributed by atoms with Crippen molar-refractivity contribution >= 4 is 23.3 Å². The molecule has 0 atom stereocenters. The van der Waals surface area contributed by atoms with Crippen molar-refractivity contribution in [3.8, 4) is 17.0 Å². The standard InChI is InChI=1S/C24H19N3O2/c28-24(11-5-17-4-10-22-19(15-17)12-14-29-22)25-20-8-6-18(7-9-20)21-16-27-13-2-1-3-23(27)26-21/h1-11,13,15-16H,12,14H2,(H,25,28)/b11-5+. The Bertz CT molecular complexity index is 1190. The van der Waals surface area contributed by atoms with Gasteiger partial charge < -0.3 is 14.5 Å². The number of pyridine rings is 1. The van der Waals surface area contributed by atoms with Crippen LogP contribution in [0.3, 0.4) is 0 Å². The van der Waals surface area contributed by atoms with Gasteiger partial charge in [-0.1, -0.05) is 24.3 Å². The molecule has 1 aliphatic heterocycles. The number of carbonyl (C=O) groups is 1. The number of aromatic nitrogens is 2. The minimum atomic E-state index is -0.165. The molecule has 0 bridgehead atoms. The number of hydrogen-bond acceptors (Lipinski definition) is 3. The zero-order chi connectivity index (χ0) is 19.6. The molecule has 5 nitrogen and oxygen atoms in total. The molecule has 1 amide bonds. The monoisotopic (exact) mass is 381 g/mol. The van der Waals surface area contributed by atoms with Crippen LogP contribution in [-0.2, 0) is 11.2 Å². The van der Waals surface area contributed by atoms with E-state index in [0.717, 1.165) is 46.9 Å². The Kier molecular flexibility index (Phi) is 4.33. The number of rotatable bonds is 4. The van der Waals surface area contributed by atoms with Crippen molar-refractivity contribution in [2.45, 2.75) is 6.42 Å². The van der Waals surface area contributed by atoms with Crippen molar-refractivity contribution < 1.29 is 9.53 Å². The summed E-state index contributed by atoms with van der Waals surface area (Å²) in [5, 5.41) is 2.89. The lowest BCUT2D eigenvalue weighted by Gasteiger charge is -2.04. The maximum Gasteiger partial charge on any atom is 0.248 e. The summed E-state index contributed by atoms with van der Waals surface area (Å²) in [5.74, 6) is 0.777. The third kappa shape index (κ3) is 3.62. The van der Waals surface area contributed by atoms with Crippen LogP contribution >= 0.6 is 0 Å². The third-order valence-electron chi connectivity index (χ3n) is 4.95. The van der Waals surface area contributed by atoms with Gasteiger partial charge in [0, 0.05) is 36.1 Å². The van der Waals surface area contributed by atoms with Crippen LogP contribution in [0.4, 0.5) is 5.69 Å². The predicted molar refractivity (Wildman–Crippen MR) is 114 cm³/mol. The fourth-order valence-corrected chi connectivity index (χ4v) is 3.46. The fraction of sp³-hybridized carbons (Fsp3) is 0.0833. The van der Waals surface area contributed by atoms with Crippen LogP contribution in [0.5, 0.6) is 5.75 Å². The third-order valence-corrected chi connectivity index (χ3v) is 4.95. The molecule has 0 unspecified atom stereocenters. The minimum Gasteiger partial charge on any atom is -0.493 e. The molecule has 0 saturated heterocycles. The van der Waals surface area contributed by atoms with Gasteiger partial charge in [0.25, 0.3) is 0 Å². The Labute approximate surface area is 168 Å². The summed E-state index contributed by atoms with van der Waals surface area (Å²) in [5.41, 5.74) is 5.73. The van der Waals surface area contributed by atoms with Crippen molar-refractivity contribution in [2.24, 2.45) is 0 Å². The highest BCUT2D eigenvalue weighted by molar-refractivity contribution is 6.02. The van der Waals surface area contributed by atoms with E-state index in [9.17, 15) is 4.79 Å². The fourth-order valence-electron chi connectivity index (χ4n) is 3.46. The van der Waals surface area contributed by atoms with Crippen molar-refractivity contribution in [3.05, 3.63) is 90.3 Å². The smallest absolute Gasteiger partial charge is 0.248 e. The van der Waals surface area contributed by atoms with Gasteiger partial charge in [-0.3, -0.25) is 4.79 Å². The molecule has 0 saturated carbocycles. The maximum atomic E-state index is 12.3. The Hall–Kier alpha value is -3.86. The van der Waals surface area contributed by atoms with Gasteiger partial charge >= 0.3 is 0 Å². The Morgan fingerprint density at radius 2 is 2.00 bits per heavy atom. The molecule has 2 aromatic heterocycles. The number of carbonyl (C=O) groups excluding carboxylic acids is 1. The first-order valence-electron chi connectivity index (χ1n) is 9.54. The molecule has 4 aromatic rings. The van der Waals surface area contributed by atoms with Crippen LogP contribution in [-0.4, -0.2) is 21.9 Å². The quantitative estimate of drug-likeness (QED) is 0.526. The summed E-state index contributed by atoms with van der Waals surface area (Å²) >= 11 is 0. The number of nitrogens with zero attached hydrogens (tertiary/aromatic N) is 2. The SMILES string of the molecule is O=C(/C=C/c1ccc2c(c1)CCO2)Nc1ccc(-c2cn3ccccc3n2)cc1. The van der Waals surface area contributed by atoms with Crippen LogP contribution in [0.15, 0.2) is 79.1 Å². The Morgan fingerprint density at radius 1 is 1.10 bits per heavy atom. The second-order valence-corrected chi connectivity index (χ2v) is 6.96. The second kappa shape index (κ2) is 7.28. The van der Waals surface area contributed by atoms with E-state index in [1.165, 1.54) is 5.56 Å². The van der Waals surface area contributed by atoms with E-state index >= 15 is 0 Å². The highest BCUT2D eigenvalue weighted by Gasteiger charge is 2.11. The van der Waals surface area contributed by atoms with Crippen LogP contribution in [0.1, 0.15) is 11.1 Å². The van der Waals surface area contributed by atoms with Gasteiger partial charge in [0.2, 0.25) is 5.91 Å². The molecule has 29 heavy (non-hydrogen) atoms. The summed E-state index contributed by atoms with van der Waals surface area (Å²) in [4.78, 5) is 16.9. The lowest BCUT2D eigenvalue weighted by atomic mass is 10.1. The molecule has 1 aliphatic rings. The van der Waals surface area contributed by atoms with Crippen molar-refractivity contribution in [3.63, 3.8) is 0 Å². The molecule has 0 spiro atoms.